The molecule has 0 saturated carbocycles. The first-order valence-corrected chi connectivity index (χ1v) is 10.2. The highest BCUT2D eigenvalue weighted by molar-refractivity contribution is 8.14. The molecule has 0 unspecified atom stereocenters. The second kappa shape index (κ2) is 10.9. The topological polar surface area (TPSA) is 119 Å². The molecule has 0 spiro atoms. The lowest BCUT2D eigenvalue weighted by Crippen LogP contribution is -2.39. The van der Waals surface area contributed by atoms with Gasteiger partial charge in [-0.1, -0.05) is 11.8 Å². The number of nitrogens with zero attached hydrogens (tertiary/aromatic N) is 3. The number of likely N-dealkylation sites (tertiary alicyclic amines) is 1. The van der Waals surface area contributed by atoms with E-state index >= 15 is 0 Å². The number of rotatable bonds is 8. The molecule has 1 fully saturated rings. The number of hydrogen-bond donors (Lipinski definition) is 0. The van der Waals surface area contributed by atoms with Gasteiger partial charge in [0.1, 0.15) is 13.2 Å². The molecule has 0 aliphatic carbocycles. The minimum Gasteiger partial charge on any atom is -0.445 e. The molecule has 1 aliphatic heterocycles. The maximum absolute atomic E-state index is 12.6. The number of carbonyl (C=O) groups is 3. The number of thioether (sulfide) groups is 1. The van der Waals surface area contributed by atoms with Crippen LogP contribution in [0.25, 0.3) is 0 Å². The fourth-order valence-electron chi connectivity index (χ4n) is 2.93. The predicted molar refractivity (Wildman–Crippen MR) is 110 cm³/mol. The molecule has 1 heterocycles. The summed E-state index contributed by atoms with van der Waals surface area (Å²) in [5.74, 6) is -0.185. The fourth-order valence-corrected chi connectivity index (χ4v) is 3.95. The summed E-state index contributed by atoms with van der Waals surface area (Å²) in [5, 5.41) is 10.6. The highest BCUT2D eigenvalue weighted by Gasteiger charge is 2.37. The molecule has 0 aromatic heterocycles. The van der Waals surface area contributed by atoms with Crippen LogP contribution in [0, 0.1) is 10.1 Å². The maximum atomic E-state index is 12.6. The van der Waals surface area contributed by atoms with Crippen LogP contribution >= 0.6 is 11.8 Å². The van der Waals surface area contributed by atoms with Gasteiger partial charge in [-0.3, -0.25) is 19.7 Å². The molecule has 0 bridgehead atoms. The maximum Gasteiger partial charge on any atom is 0.410 e. The van der Waals surface area contributed by atoms with Crippen LogP contribution in [0.1, 0.15) is 18.9 Å². The van der Waals surface area contributed by atoms with E-state index in [9.17, 15) is 24.5 Å². The van der Waals surface area contributed by atoms with Crippen molar-refractivity contribution in [3.63, 3.8) is 0 Å². The Kier molecular flexibility index (Phi) is 8.60. The van der Waals surface area contributed by atoms with Crippen LogP contribution in [0.2, 0.25) is 0 Å². The Morgan fingerprint density at radius 2 is 1.93 bits per heavy atom. The molecule has 2 amide bonds. The van der Waals surface area contributed by atoms with Gasteiger partial charge in [-0.2, -0.15) is 0 Å². The minimum absolute atomic E-state index is 0.0372. The Balaban J connectivity index is 1.94. The Bertz CT molecular complexity index is 785. The van der Waals surface area contributed by atoms with E-state index < -0.39 is 11.0 Å². The van der Waals surface area contributed by atoms with Crippen molar-refractivity contribution in [2.75, 3.05) is 33.9 Å². The van der Waals surface area contributed by atoms with Gasteiger partial charge in [0.05, 0.1) is 17.6 Å². The number of non-ortho nitro benzene ring substituents is 1. The fraction of sp³-hybridized carbons (Fsp3) is 0.526. The molecule has 1 saturated heterocycles. The Morgan fingerprint density at radius 3 is 2.50 bits per heavy atom. The number of nitro benzene ring substituents is 1. The van der Waals surface area contributed by atoms with E-state index in [1.165, 1.54) is 52.8 Å². The van der Waals surface area contributed by atoms with Crippen LogP contribution in [0.5, 0.6) is 0 Å². The van der Waals surface area contributed by atoms with E-state index in [4.69, 9.17) is 9.47 Å². The molecule has 164 valence electrons. The van der Waals surface area contributed by atoms with Gasteiger partial charge < -0.3 is 19.3 Å². The summed E-state index contributed by atoms with van der Waals surface area (Å²) in [4.78, 5) is 48.9. The number of nitro groups is 1. The molecule has 2 rings (SSSR count). The van der Waals surface area contributed by atoms with E-state index in [0.717, 1.165) is 0 Å². The van der Waals surface area contributed by atoms with Crippen molar-refractivity contribution in [2.45, 2.75) is 31.2 Å². The zero-order valence-corrected chi connectivity index (χ0v) is 17.9. The number of benzene rings is 1. The third-order valence-electron chi connectivity index (χ3n) is 4.49. The van der Waals surface area contributed by atoms with Gasteiger partial charge in [0.15, 0.2) is 5.12 Å². The molecular formula is C19H25N3O7S. The molecule has 1 aliphatic rings. The van der Waals surface area contributed by atoms with Crippen LogP contribution in [0.3, 0.4) is 0 Å². The Hall–Kier alpha value is -2.66. The second-order valence-corrected chi connectivity index (χ2v) is 8.53. The molecule has 0 N–H and O–H groups in total. The minimum atomic E-state index is -0.562. The van der Waals surface area contributed by atoms with Crippen molar-refractivity contribution in [1.29, 1.82) is 0 Å². The smallest absolute Gasteiger partial charge is 0.410 e. The summed E-state index contributed by atoms with van der Waals surface area (Å²) in [6.45, 7) is 1.83. The average molecular weight is 439 g/mol. The quantitative estimate of drug-likeness (QED) is 0.446. The van der Waals surface area contributed by atoms with Crippen molar-refractivity contribution in [3.05, 3.63) is 39.9 Å². The van der Waals surface area contributed by atoms with Gasteiger partial charge in [0.25, 0.3) is 5.69 Å². The lowest BCUT2D eigenvalue weighted by molar-refractivity contribution is -0.384. The third-order valence-corrected chi connectivity index (χ3v) is 5.49. The average Bonchev–Trinajstić information content (AvgIpc) is 3.08. The molecule has 2 atom stereocenters. The SMILES string of the molecule is CC(=O)S[C@H]1C[C@@H](COCC(=O)N(C)C)N(C(=O)OCc2ccc([N+](=O)[O-])cc2)C1. The molecular weight excluding hydrogens is 414 g/mol. The van der Waals surface area contributed by atoms with Crippen molar-refractivity contribution in [1.82, 2.24) is 9.80 Å². The molecule has 10 nitrogen and oxygen atoms in total. The normalized spacial score (nSPS) is 18.2. The summed E-state index contributed by atoms with van der Waals surface area (Å²) in [6.07, 6.45) is -0.0138. The molecule has 1 aromatic carbocycles. The Labute approximate surface area is 178 Å². The highest BCUT2D eigenvalue weighted by atomic mass is 32.2. The van der Waals surface area contributed by atoms with Gasteiger partial charge in [0, 0.05) is 44.9 Å². The predicted octanol–water partition coefficient (Wildman–Crippen LogP) is 2.06. The summed E-state index contributed by atoms with van der Waals surface area (Å²) in [5.41, 5.74) is 0.574. The number of hydrogen-bond acceptors (Lipinski definition) is 8. The second-order valence-electron chi connectivity index (χ2n) is 7.05. The van der Waals surface area contributed by atoms with Crippen molar-refractivity contribution in [2.24, 2.45) is 0 Å². The summed E-state index contributed by atoms with van der Waals surface area (Å²) < 4.78 is 10.8. The lowest BCUT2D eigenvalue weighted by Gasteiger charge is -2.24. The number of amides is 2. The van der Waals surface area contributed by atoms with E-state index in [2.05, 4.69) is 0 Å². The third kappa shape index (κ3) is 6.99. The number of likely N-dealkylation sites (N-methyl/N-ethyl adjacent to an activating group) is 1. The molecule has 1 aromatic rings. The van der Waals surface area contributed by atoms with Gasteiger partial charge in [-0.25, -0.2) is 4.79 Å². The van der Waals surface area contributed by atoms with Crippen LogP contribution < -0.4 is 0 Å². The van der Waals surface area contributed by atoms with E-state index in [-0.39, 0.29) is 47.8 Å². The van der Waals surface area contributed by atoms with Crippen LogP contribution in [0.4, 0.5) is 10.5 Å². The standard InChI is InChI=1S/C19H25N3O7S/c1-13(23)30-17-8-16(11-28-12-18(24)20(2)3)21(9-17)19(25)29-10-14-4-6-15(7-5-14)22(26)27/h4-7,16-17H,8-12H2,1-3H3/t16-,17-/m0/s1. The summed E-state index contributed by atoms with van der Waals surface area (Å²) >= 11 is 1.17. The summed E-state index contributed by atoms with van der Waals surface area (Å²) in [7, 11) is 3.26. The van der Waals surface area contributed by atoms with Gasteiger partial charge in [-0.15, -0.1) is 0 Å². The van der Waals surface area contributed by atoms with Crippen LogP contribution in [-0.2, 0) is 25.7 Å². The van der Waals surface area contributed by atoms with Crippen molar-refractivity contribution in [3.8, 4) is 0 Å². The van der Waals surface area contributed by atoms with Crippen molar-refractivity contribution >= 4 is 34.6 Å². The van der Waals surface area contributed by atoms with Gasteiger partial charge >= 0.3 is 6.09 Å². The molecule has 11 heteroatoms. The Morgan fingerprint density at radius 1 is 1.27 bits per heavy atom. The van der Waals surface area contributed by atoms with Crippen LogP contribution in [0.15, 0.2) is 24.3 Å². The molecule has 30 heavy (non-hydrogen) atoms. The van der Waals surface area contributed by atoms with Crippen LogP contribution in [-0.4, -0.2) is 77.0 Å². The number of carbonyl (C=O) groups excluding carboxylic acids is 3. The molecule has 0 radical (unpaired) electrons. The summed E-state index contributed by atoms with van der Waals surface area (Å²) in [6, 6.07) is 5.42. The first-order chi connectivity index (χ1) is 14.2. The van der Waals surface area contributed by atoms with Gasteiger partial charge in [-0.05, 0) is 24.1 Å². The number of ether oxygens (including phenoxy) is 2. The van der Waals surface area contributed by atoms with Gasteiger partial charge in [0.2, 0.25) is 5.91 Å². The lowest BCUT2D eigenvalue weighted by atomic mass is 10.2. The zero-order valence-electron chi connectivity index (χ0n) is 17.1. The largest absolute Gasteiger partial charge is 0.445 e. The first kappa shape index (κ1) is 23.6. The van der Waals surface area contributed by atoms with E-state index in [0.29, 0.717) is 18.5 Å². The first-order valence-electron chi connectivity index (χ1n) is 9.29. The van der Waals surface area contributed by atoms with E-state index in [1.54, 1.807) is 14.1 Å². The van der Waals surface area contributed by atoms with Crippen molar-refractivity contribution < 1.29 is 28.8 Å². The van der Waals surface area contributed by atoms with E-state index in [1.807, 2.05) is 0 Å². The zero-order chi connectivity index (χ0) is 22.3. The monoisotopic (exact) mass is 439 g/mol. The highest BCUT2D eigenvalue weighted by Crippen LogP contribution is 2.29.